The number of amidine groups is 1. The van der Waals surface area contributed by atoms with Crippen molar-refractivity contribution in [1.82, 2.24) is 9.97 Å². The molecule has 0 bridgehead atoms. The van der Waals surface area contributed by atoms with Crippen molar-refractivity contribution in [3.63, 3.8) is 0 Å². The van der Waals surface area contributed by atoms with Crippen LogP contribution < -0.4 is 16.9 Å². The molecular formula is C21H17F2N5O2. The normalized spacial score (nSPS) is 13.0. The van der Waals surface area contributed by atoms with Crippen LogP contribution in [0.1, 0.15) is 24.4 Å². The molecule has 152 valence electrons. The first-order chi connectivity index (χ1) is 14.4. The third-order valence-electron chi connectivity index (χ3n) is 4.65. The molecule has 0 saturated carbocycles. The first kappa shape index (κ1) is 19.3. The average molecular weight is 409 g/mol. The lowest BCUT2D eigenvalue weighted by atomic mass is 9.99. The quantitative estimate of drug-likeness (QED) is 0.352. The molecule has 0 aliphatic carbocycles. The Kier molecular flexibility index (Phi) is 4.78. The molecule has 0 spiro atoms. The lowest BCUT2D eigenvalue weighted by molar-refractivity contribution is 0.502. The van der Waals surface area contributed by atoms with Crippen LogP contribution in [0.2, 0.25) is 0 Å². The number of nitrogen functional groups attached to an aromatic ring is 1. The van der Waals surface area contributed by atoms with Gasteiger partial charge >= 0.3 is 0 Å². The van der Waals surface area contributed by atoms with Gasteiger partial charge in [0.25, 0.3) is 0 Å². The lowest BCUT2D eigenvalue weighted by Crippen LogP contribution is -2.18. The molecule has 0 aliphatic rings. The Morgan fingerprint density at radius 3 is 2.70 bits per heavy atom. The van der Waals surface area contributed by atoms with Crippen molar-refractivity contribution < 1.29 is 13.2 Å². The summed E-state index contributed by atoms with van der Waals surface area (Å²) in [6, 6.07) is 8.71. The summed E-state index contributed by atoms with van der Waals surface area (Å²) in [5.41, 5.74) is 11.8. The summed E-state index contributed by atoms with van der Waals surface area (Å²) in [5, 5.41) is -0.220. The molecule has 1 unspecified atom stereocenters. The molecule has 30 heavy (non-hydrogen) atoms. The first-order valence-electron chi connectivity index (χ1n) is 9.00. The van der Waals surface area contributed by atoms with E-state index in [0.717, 1.165) is 6.07 Å². The summed E-state index contributed by atoms with van der Waals surface area (Å²) in [4.78, 5) is 24.2. The van der Waals surface area contributed by atoms with Crippen molar-refractivity contribution in [3.05, 3.63) is 82.1 Å². The molecule has 1 atom stereocenters. The van der Waals surface area contributed by atoms with Gasteiger partial charge in [0.1, 0.15) is 45.9 Å². The highest BCUT2D eigenvalue weighted by Crippen LogP contribution is 2.32. The van der Waals surface area contributed by atoms with E-state index in [1.807, 2.05) is 0 Å². The number of nitrogens with one attached hydrogen (secondary N) is 1. The number of aromatic amines is 1. The number of fused-ring (bicyclic) bond motifs is 1. The summed E-state index contributed by atoms with van der Waals surface area (Å²) in [5.74, 6) is -0.955. The van der Waals surface area contributed by atoms with E-state index in [1.165, 1.54) is 42.7 Å². The second-order valence-electron chi connectivity index (χ2n) is 6.65. The fourth-order valence-electron chi connectivity index (χ4n) is 3.27. The maximum Gasteiger partial charge on any atom is 0.203 e. The molecule has 5 N–H and O–H groups in total. The predicted octanol–water partition coefficient (Wildman–Crippen LogP) is 3.51. The summed E-state index contributed by atoms with van der Waals surface area (Å²) in [6.07, 6.45) is 1.37. The van der Waals surface area contributed by atoms with Crippen molar-refractivity contribution in [2.45, 2.75) is 13.0 Å². The molecule has 0 saturated heterocycles. The van der Waals surface area contributed by atoms with E-state index >= 15 is 0 Å². The van der Waals surface area contributed by atoms with E-state index in [1.54, 1.807) is 6.92 Å². The number of hydrogen-bond donors (Lipinski definition) is 3. The highest BCUT2D eigenvalue weighted by atomic mass is 19.1. The maximum absolute atomic E-state index is 14.4. The minimum atomic E-state index is -0.772. The molecule has 7 nitrogen and oxygen atoms in total. The number of nitrogens with zero attached hydrogens (tertiary/aromatic N) is 2. The average Bonchev–Trinajstić information content (AvgIpc) is 3.13. The molecule has 0 amide bonds. The first-order valence-corrected chi connectivity index (χ1v) is 9.00. The number of nitrogens with two attached hydrogens (primary N) is 2. The molecule has 9 heteroatoms. The van der Waals surface area contributed by atoms with Crippen LogP contribution in [0.25, 0.3) is 22.1 Å². The van der Waals surface area contributed by atoms with E-state index in [2.05, 4.69) is 15.0 Å². The van der Waals surface area contributed by atoms with Crippen LogP contribution >= 0.6 is 0 Å². The Labute approximate surface area is 169 Å². The van der Waals surface area contributed by atoms with Crippen LogP contribution in [0.15, 0.2) is 63.0 Å². The Hall–Kier alpha value is -4.01. The van der Waals surface area contributed by atoms with Gasteiger partial charge in [-0.1, -0.05) is 18.2 Å². The molecule has 4 aromatic rings. The van der Waals surface area contributed by atoms with Crippen molar-refractivity contribution >= 4 is 22.6 Å². The van der Waals surface area contributed by atoms with E-state index in [0.29, 0.717) is 5.69 Å². The monoisotopic (exact) mass is 409 g/mol. The summed E-state index contributed by atoms with van der Waals surface area (Å²) in [6.45, 7) is 1.64. The van der Waals surface area contributed by atoms with Crippen LogP contribution in [0.5, 0.6) is 0 Å². The van der Waals surface area contributed by atoms with Crippen molar-refractivity contribution in [2.24, 2.45) is 10.7 Å². The van der Waals surface area contributed by atoms with Gasteiger partial charge in [-0.15, -0.1) is 0 Å². The molecule has 2 heterocycles. The lowest BCUT2D eigenvalue weighted by Gasteiger charge is -2.14. The highest BCUT2D eigenvalue weighted by molar-refractivity contribution is 5.99. The number of H-pyrrole nitrogens is 1. The standard InChI is InChI=1S/C21H17F2N5O2/c1-10(28-21(25)17-20(24)27-9-26-17)19-15(11-4-2-5-12(22)8-11)18(29)16-13(23)6-3-7-14(16)30-19/h2-10H,24H2,1H3,(H2,25,28)(H,26,27). The van der Waals surface area contributed by atoms with Crippen LogP contribution in [-0.4, -0.2) is 15.8 Å². The van der Waals surface area contributed by atoms with Gasteiger partial charge in [-0.25, -0.2) is 13.8 Å². The summed E-state index contributed by atoms with van der Waals surface area (Å²) >= 11 is 0. The Balaban J connectivity index is 1.97. The van der Waals surface area contributed by atoms with Gasteiger partial charge in [0.15, 0.2) is 5.82 Å². The zero-order valence-corrected chi connectivity index (χ0v) is 15.8. The zero-order chi connectivity index (χ0) is 21.4. The second-order valence-corrected chi connectivity index (χ2v) is 6.65. The third kappa shape index (κ3) is 3.30. The van der Waals surface area contributed by atoms with Gasteiger partial charge in [0.05, 0.1) is 11.9 Å². The summed E-state index contributed by atoms with van der Waals surface area (Å²) < 4.78 is 34.1. The SMILES string of the molecule is CC(N=C(N)c1[nH]cnc1N)c1oc2cccc(F)c2c(=O)c1-c1cccc(F)c1. The number of benzene rings is 2. The van der Waals surface area contributed by atoms with Crippen LogP contribution in [-0.2, 0) is 0 Å². The van der Waals surface area contributed by atoms with Crippen LogP contribution in [0.3, 0.4) is 0 Å². The Morgan fingerprint density at radius 1 is 1.23 bits per heavy atom. The fourth-order valence-corrected chi connectivity index (χ4v) is 3.27. The molecule has 2 aromatic heterocycles. The van der Waals surface area contributed by atoms with Crippen molar-refractivity contribution in [2.75, 3.05) is 5.73 Å². The Bertz CT molecular complexity index is 1340. The Morgan fingerprint density at radius 2 is 2.00 bits per heavy atom. The predicted molar refractivity (Wildman–Crippen MR) is 110 cm³/mol. The fraction of sp³-hybridized carbons (Fsp3) is 0.0952. The minimum absolute atomic E-state index is 0.00809. The number of imidazole rings is 1. The van der Waals surface area contributed by atoms with E-state index < -0.39 is 23.1 Å². The maximum atomic E-state index is 14.4. The molecule has 0 fully saturated rings. The molecular weight excluding hydrogens is 392 g/mol. The number of halogens is 2. The second kappa shape index (κ2) is 7.43. The number of hydrogen-bond acceptors (Lipinski definition) is 5. The number of rotatable bonds is 4. The molecule has 4 rings (SSSR count). The summed E-state index contributed by atoms with van der Waals surface area (Å²) in [7, 11) is 0. The van der Waals surface area contributed by atoms with Gasteiger partial charge in [-0.05, 0) is 36.8 Å². The number of aliphatic imine (C=N–C) groups is 1. The van der Waals surface area contributed by atoms with Crippen LogP contribution in [0, 0.1) is 11.6 Å². The van der Waals surface area contributed by atoms with E-state index in [9.17, 15) is 13.6 Å². The molecule has 2 aromatic carbocycles. The topological polar surface area (TPSA) is 123 Å². The zero-order valence-electron chi connectivity index (χ0n) is 15.8. The van der Waals surface area contributed by atoms with Crippen LogP contribution in [0.4, 0.5) is 14.6 Å². The smallest absolute Gasteiger partial charge is 0.203 e. The van der Waals surface area contributed by atoms with Gasteiger partial charge in [0.2, 0.25) is 5.43 Å². The minimum Gasteiger partial charge on any atom is -0.458 e. The largest absolute Gasteiger partial charge is 0.458 e. The van der Waals surface area contributed by atoms with Gasteiger partial charge < -0.3 is 20.9 Å². The number of anilines is 1. The van der Waals surface area contributed by atoms with E-state index in [4.69, 9.17) is 15.9 Å². The molecule has 0 radical (unpaired) electrons. The van der Waals surface area contributed by atoms with Gasteiger partial charge in [0, 0.05) is 0 Å². The highest BCUT2D eigenvalue weighted by Gasteiger charge is 2.23. The molecule has 0 aliphatic heterocycles. The number of aromatic nitrogens is 2. The van der Waals surface area contributed by atoms with Gasteiger partial charge in [-0.2, -0.15) is 0 Å². The van der Waals surface area contributed by atoms with E-state index in [-0.39, 0.29) is 39.5 Å². The van der Waals surface area contributed by atoms with Gasteiger partial charge in [-0.3, -0.25) is 9.79 Å². The third-order valence-corrected chi connectivity index (χ3v) is 4.65. The van der Waals surface area contributed by atoms with Crippen molar-refractivity contribution in [1.29, 1.82) is 0 Å². The van der Waals surface area contributed by atoms with Crippen molar-refractivity contribution in [3.8, 4) is 11.1 Å².